The van der Waals surface area contributed by atoms with E-state index in [2.05, 4.69) is 46.7 Å². The van der Waals surface area contributed by atoms with Crippen LogP contribution >= 0.6 is 11.3 Å². The van der Waals surface area contributed by atoms with Crippen molar-refractivity contribution in [3.63, 3.8) is 0 Å². The summed E-state index contributed by atoms with van der Waals surface area (Å²) in [4.78, 5) is 36.6. The van der Waals surface area contributed by atoms with Crippen LogP contribution < -0.4 is 5.32 Å². The number of fused-ring (bicyclic) bond motifs is 2. The Labute approximate surface area is 267 Å². The summed E-state index contributed by atoms with van der Waals surface area (Å²) in [6.07, 6.45) is 0.945. The van der Waals surface area contributed by atoms with Crippen molar-refractivity contribution < 1.29 is 14.3 Å². The highest BCUT2D eigenvalue weighted by Crippen LogP contribution is 2.37. The molecule has 3 fully saturated rings. The number of piperazine rings is 1. The van der Waals surface area contributed by atoms with Crippen LogP contribution in [-0.4, -0.2) is 80.9 Å². The number of nitrogens with zero attached hydrogens (tertiary/aromatic N) is 5. The molecule has 2 amide bonds. The van der Waals surface area contributed by atoms with Gasteiger partial charge in [-0.1, -0.05) is 85.5 Å². The van der Waals surface area contributed by atoms with Gasteiger partial charge in [-0.15, -0.1) is 17.9 Å². The third kappa shape index (κ3) is 5.71. The number of carbonyl (C=O) groups excluding carboxylic acids is 2. The Morgan fingerprint density at radius 2 is 1.84 bits per heavy atom. The minimum Gasteiger partial charge on any atom is -0.335 e. The van der Waals surface area contributed by atoms with Crippen molar-refractivity contribution in [3.8, 4) is 0 Å². The van der Waals surface area contributed by atoms with E-state index in [0.717, 1.165) is 26.4 Å². The van der Waals surface area contributed by atoms with Crippen molar-refractivity contribution >= 4 is 38.9 Å². The SMILES string of the molecule is C=CCN(C1OC1NCc1ccccc1)N1CC(=O)N2[C@@H](C(=C)c3ccccc3)C(=O)N(Cc3cccc4sc(C)nc34)C[C@@H]21. The molecule has 4 aromatic rings. The molecule has 10 heteroatoms. The van der Waals surface area contributed by atoms with Crippen LogP contribution in [0.25, 0.3) is 15.8 Å². The number of hydrazine groups is 1. The molecule has 4 atom stereocenters. The van der Waals surface area contributed by atoms with Crippen LogP contribution in [0.2, 0.25) is 0 Å². The van der Waals surface area contributed by atoms with Crippen molar-refractivity contribution in [2.75, 3.05) is 19.6 Å². The molecular formula is C35H36N6O3S. The van der Waals surface area contributed by atoms with E-state index in [4.69, 9.17) is 9.72 Å². The number of aromatic nitrogens is 1. The van der Waals surface area contributed by atoms with Gasteiger partial charge in [0.1, 0.15) is 12.2 Å². The maximum atomic E-state index is 14.4. The lowest BCUT2D eigenvalue weighted by Gasteiger charge is -2.46. The molecule has 4 heterocycles. The van der Waals surface area contributed by atoms with E-state index < -0.39 is 12.2 Å². The van der Waals surface area contributed by atoms with Gasteiger partial charge >= 0.3 is 0 Å². The van der Waals surface area contributed by atoms with Gasteiger partial charge in [0.05, 0.1) is 28.3 Å². The molecule has 3 aliphatic heterocycles. The van der Waals surface area contributed by atoms with Gasteiger partial charge in [0.25, 0.3) is 5.91 Å². The molecule has 9 nitrogen and oxygen atoms in total. The van der Waals surface area contributed by atoms with Gasteiger partial charge < -0.3 is 14.5 Å². The maximum Gasteiger partial charge on any atom is 0.250 e. The van der Waals surface area contributed by atoms with Gasteiger partial charge in [-0.2, -0.15) is 0 Å². The number of ether oxygens (including phenoxy) is 1. The molecule has 2 unspecified atom stereocenters. The first-order valence-corrected chi connectivity index (χ1v) is 16.0. The van der Waals surface area contributed by atoms with Gasteiger partial charge in [0, 0.05) is 19.6 Å². The van der Waals surface area contributed by atoms with E-state index in [1.54, 1.807) is 16.2 Å². The summed E-state index contributed by atoms with van der Waals surface area (Å²) in [7, 11) is 0. The Morgan fingerprint density at radius 1 is 1.09 bits per heavy atom. The van der Waals surface area contributed by atoms with Crippen LogP contribution in [0.3, 0.4) is 0 Å². The zero-order valence-corrected chi connectivity index (χ0v) is 26.0. The second kappa shape index (κ2) is 12.3. The number of aryl methyl sites for hydroxylation is 1. The van der Waals surface area contributed by atoms with Crippen LogP contribution in [0.4, 0.5) is 0 Å². The van der Waals surface area contributed by atoms with E-state index in [1.165, 1.54) is 5.56 Å². The third-order valence-corrected chi connectivity index (χ3v) is 9.60. The van der Waals surface area contributed by atoms with E-state index in [9.17, 15) is 9.59 Å². The molecule has 3 saturated heterocycles. The largest absolute Gasteiger partial charge is 0.335 e. The highest BCUT2D eigenvalue weighted by atomic mass is 32.1. The molecule has 7 rings (SSSR count). The molecule has 3 aromatic carbocycles. The Morgan fingerprint density at radius 3 is 2.60 bits per heavy atom. The van der Waals surface area contributed by atoms with Crippen molar-refractivity contribution in [1.82, 2.24) is 30.1 Å². The molecule has 0 aliphatic carbocycles. The Balaban J connectivity index is 1.19. The predicted octanol–water partition coefficient (Wildman–Crippen LogP) is 4.37. The summed E-state index contributed by atoms with van der Waals surface area (Å²) in [6.45, 7) is 12.4. The van der Waals surface area contributed by atoms with Gasteiger partial charge in [0.2, 0.25) is 5.91 Å². The average Bonchev–Trinajstić information content (AvgIpc) is 3.61. The molecule has 0 bridgehead atoms. The summed E-state index contributed by atoms with van der Waals surface area (Å²) in [5, 5.41) is 8.58. The average molecular weight is 621 g/mol. The number of rotatable bonds is 11. The minimum absolute atomic E-state index is 0.115. The summed E-state index contributed by atoms with van der Waals surface area (Å²) in [6, 6.07) is 25.1. The first-order valence-electron chi connectivity index (χ1n) is 15.2. The van der Waals surface area contributed by atoms with Crippen LogP contribution in [0.1, 0.15) is 21.7 Å². The lowest BCUT2D eigenvalue weighted by atomic mass is 9.95. The first-order chi connectivity index (χ1) is 21.9. The van der Waals surface area contributed by atoms with Gasteiger partial charge in [-0.05, 0) is 35.3 Å². The Bertz CT molecular complexity index is 1740. The number of carbonyl (C=O) groups is 2. The number of hydrogen-bond donors (Lipinski definition) is 1. The summed E-state index contributed by atoms with van der Waals surface area (Å²) < 4.78 is 7.20. The quantitative estimate of drug-likeness (QED) is 0.197. The Hall–Kier alpha value is -4.19. The fourth-order valence-electron chi connectivity index (χ4n) is 6.48. The zero-order valence-electron chi connectivity index (χ0n) is 25.2. The van der Waals surface area contributed by atoms with E-state index in [1.807, 2.05) is 78.6 Å². The third-order valence-electron chi connectivity index (χ3n) is 8.66. The summed E-state index contributed by atoms with van der Waals surface area (Å²) >= 11 is 1.64. The lowest BCUT2D eigenvalue weighted by Crippen LogP contribution is -2.65. The smallest absolute Gasteiger partial charge is 0.250 e. The van der Waals surface area contributed by atoms with Crippen molar-refractivity contribution in [2.24, 2.45) is 0 Å². The molecule has 0 spiro atoms. The molecule has 45 heavy (non-hydrogen) atoms. The van der Waals surface area contributed by atoms with Crippen LogP contribution in [0.5, 0.6) is 0 Å². The van der Waals surface area contributed by atoms with Crippen LogP contribution in [0, 0.1) is 6.92 Å². The summed E-state index contributed by atoms with van der Waals surface area (Å²) in [5.74, 6) is -0.254. The number of nitrogens with one attached hydrogen (secondary N) is 1. The topological polar surface area (TPSA) is 84.5 Å². The molecule has 1 N–H and O–H groups in total. The predicted molar refractivity (Wildman–Crippen MR) is 175 cm³/mol. The molecular weight excluding hydrogens is 584 g/mol. The highest BCUT2D eigenvalue weighted by Gasteiger charge is 2.56. The number of hydrogen-bond acceptors (Lipinski definition) is 8. The molecule has 0 radical (unpaired) electrons. The van der Waals surface area contributed by atoms with Crippen LogP contribution in [0.15, 0.2) is 98.1 Å². The number of amides is 2. The van der Waals surface area contributed by atoms with Gasteiger partial charge in [-0.25, -0.2) is 15.0 Å². The number of benzene rings is 3. The fraction of sp³-hybridized carbons (Fsp3) is 0.286. The first kappa shape index (κ1) is 29.5. The highest BCUT2D eigenvalue weighted by molar-refractivity contribution is 7.18. The standard InChI is InChI=1S/C35H36N6O3S/c1-4-18-39(35-33(44-35)36-19-25-12-7-5-8-13-25)40-22-30(42)41-29(40)21-38(20-27-16-11-17-28-31(27)37-24(3)45-28)34(43)32(41)23(2)26-14-9-6-10-15-26/h4-17,29,32-33,35-36H,1-2,18-22H2,3H3/t29-,32+,33?,35?/m1/s1. The minimum atomic E-state index is -0.835. The molecule has 230 valence electrons. The number of epoxide rings is 1. The molecule has 1 aromatic heterocycles. The van der Waals surface area contributed by atoms with Gasteiger partial charge in [0.15, 0.2) is 12.5 Å². The zero-order chi connectivity index (χ0) is 31.1. The monoisotopic (exact) mass is 620 g/mol. The second-order valence-electron chi connectivity index (χ2n) is 11.6. The lowest BCUT2D eigenvalue weighted by molar-refractivity contribution is -0.157. The van der Waals surface area contributed by atoms with Crippen molar-refractivity contribution in [2.45, 2.75) is 44.7 Å². The normalized spacial score (nSPS) is 23.2. The number of para-hydroxylation sites is 1. The molecule has 3 aliphatic rings. The molecule has 0 saturated carbocycles. The Kier molecular flexibility index (Phi) is 8.07. The van der Waals surface area contributed by atoms with E-state index in [0.29, 0.717) is 31.8 Å². The van der Waals surface area contributed by atoms with Crippen LogP contribution in [-0.2, 0) is 27.4 Å². The summed E-state index contributed by atoms with van der Waals surface area (Å²) in [5.41, 5.74) is 4.50. The van der Waals surface area contributed by atoms with E-state index in [-0.39, 0.29) is 30.8 Å². The van der Waals surface area contributed by atoms with Crippen molar-refractivity contribution in [3.05, 3.63) is 120 Å². The van der Waals surface area contributed by atoms with Crippen molar-refractivity contribution in [1.29, 1.82) is 0 Å². The van der Waals surface area contributed by atoms with E-state index >= 15 is 0 Å². The second-order valence-corrected chi connectivity index (χ2v) is 12.8. The van der Waals surface area contributed by atoms with Gasteiger partial charge in [-0.3, -0.25) is 14.9 Å². The number of thiazole rings is 1. The maximum absolute atomic E-state index is 14.4. The fourth-order valence-corrected chi connectivity index (χ4v) is 7.35.